The Bertz CT molecular complexity index is 424. The van der Waals surface area contributed by atoms with E-state index in [0.29, 0.717) is 0 Å². The van der Waals surface area contributed by atoms with E-state index in [1.54, 1.807) is 20.2 Å². The third kappa shape index (κ3) is 2.62. The molecule has 0 radical (unpaired) electrons. The summed E-state index contributed by atoms with van der Waals surface area (Å²) in [6.07, 6.45) is 1.28. The summed E-state index contributed by atoms with van der Waals surface area (Å²) in [6.45, 7) is 0. The molecule has 0 saturated carbocycles. The van der Waals surface area contributed by atoms with Crippen molar-refractivity contribution >= 4 is 11.5 Å². The van der Waals surface area contributed by atoms with E-state index in [2.05, 4.69) is 10.4 Å². The fourth-order valence-electron chi connectivity index (χ4n) is 0.951. The van der Waals surface area contributed by atoms with E-state index in [1.807, 2.05) is 0 Å². The fraction of sp³-hybridized carbons (Fsp3) is 0.250. The molecule has 78 valence electrons. The van der Waals surface area contributed by atoms with Crippen molar-refractivity contribution in [1.82, 2.24) is 9.99 Å². The Kier molecular flexibility index (Phi) is 3.15. The maximum atomic E-state index is 10.7. The van der Waals surface area contributed by atoms with Crippen LogP contribution in [0, 0.1) is 21.4 Å². The molecular weight excluding hydrogens is 198 g/mol. The van der Waals surface area contributed by atoms with Crippen LogP contribution in [0.15, 0.2) is 12.3 Å². The maximum Gasteiger partial charge on any atom is 0.314 e. The van der Waals surface area contributed by atoms with E-state index in [9.17, 15) is 10.1 Å². The number of hydrogen-bond donors (Lipinski definition) is 1. The van der Waals surface area contributed by atoms with Crippen LogP contribution in [-0.2, 0) is 0 Å². The molecule has 1 heterocycles. The van der Waals surface area contributed by atoms with Gasteiger partial charge in [0.25, 0.3) is 0 Å². The van der Waals surface area contributed by atoms with Crippen LogP contribution in [0.1, 0.15) is 5.56 Å². The van der Waals surface area contributed by atoms with Gasteiger partial charge in [0.1, 0.15) is 6.07 Å². The van der Waals surface area contributed by atoms with Gasteiger partial charge >= 0.3 is 5.69 Å². The summed E-state index contributed by atoms with van der Waals surface area (Å²) in [7, 11) is 3.37. The Morgan fingerprint density at radius 1 is 1.67 bits per heavy atom. The standard InChI is InChI=1S/C8H9N5O2/c1-12(2)11-8-7(13(14)15)3-6(4-9)5-10-8/h3,5H,1-2H3,(H,10,11). The third-order valence-corrected chi connectivity index (χ3v) is 1.52. The van der Waals surface area contributed by atoms with Crippen LogP contribution < -0.4 is 5.43 Å². The number of hydrazine groups is 1. The Labute approximate surface area is 86.1 Å². The van der Waals surface area contributed by atoms with E-state index in [-0.39, 0.29) is 17.1 Å². The van der Waals surface area contributed by atoms with Crippen LogP contribution in [-0.4, -0.2) is 29.0 Å². The van der Waals surface area contributed by atoms with Gasteiger partial charge in [-0.25, -0.2) is 9.99 Å². The van der Waals surface area contributed by atoms with E-state index >= 15 is 0 Å². The fourth-order valence-corrected chi connectivity index (χ4v) is 0.951. The first-order valence-electron chi connectivity index (χ1n) is 4.03. The number of pyridine rings is 1. The number of rotatable bonds is 3. The van der Waals surface area contributed by atoms with Crippen molar-refractivity contribution in [3.8, 4) is 6.07 Å². The molecule has 0 aliphatic rings. The van der Waals surface area contributed by atoms with Gasteiger partial charge in [-0.15, -0.1) is 0 Å². The minimum atomic E-state index is -0.584. The Hall–Kier alpha value is -2.20. The minimum absolute atomic E-state index is 0.115. The average Bonchev–Trinajstić information content (AvgIpc) is 2.17. The molecule has 7 nitrogen and oxygen atoms in total. The van der Waals surface area contributed by atoms with E-state index < -0.39 is 4.92 Å². The van der Waals surface area contributed by atoms with Crippen LogP contribution >= 0.6 is 0 Å². The molecule has 1 rings (SSSR count). The van der Waals surface area contributed by atoms with Crippen LogP contribution in [0.5, 0.6) is 0 Å². The van der Waals surface area contributed by atoms with Gasteiger partial charge in [-0.05, 0) is 0 Å². The first-order valence-corrected chi connectivity index (χ1v) is 4.03. The molecule has 1 N–H and O–H groups in total. The highest BCUT2D eigenvalue weighted by Gasteiger charge is 2.16. The van der Waals surface area contributed by atoms with Gasteiger partial charge < -0.3 is 0 Å². The number of nitrogens with zero attached hydrogens (tertiary/aromatic N) is 4. The van der Waals surface area contributed by atoms with E-state index in [1.165, 1.54) is 17.3 Å². The lowest BCUT2D eigenvalue weighted by Crippen LogP contribution is -2.21. The number of nitriles is 1. The Balaban J connectivity index is 3.16. The smallest absolute Gasteiger partial charge is 0.298 e. The molecule has 1 aromatic heterocycles. The second-order valence-electron chi connectivity index (χ2n) is 2.97. The first-order chi connectivity index (χ1) is 7.04. The number of nitro groups is 1. The zero-order chi connectivity index (χ0) is 11.4. The Morgan fingerprint density at radius 3 is 2.80 bits per heavy atom. The lowest BCUT2D eigenvalue weighted by atomic mass is 10.3. The topological polar surface area (TPSA) is 95.1 Å². The SMILES string of the molecule is CN(C)Nc1ncc(C#N)cc1[N+](=O)[O-]. The minimum Gasteiger partial charge on any atom is -0.298 e. The molecule has 0 aromatic carbocycles. The molecule has 0 fully saturated rings. The Morgan fingerprint density at radius 2 is 2.33 bits per heavy atom. The molecular formula is C8H9N5O2. The average molecular weight is 207 g/mol. The van der Waals surface area contributed by atoms with Gasteiger partial charge in [-0.2, -0.15) is 5.26 Å². The molecule has 0 bridgehead atoms. The predicted molar refractivity (Wildman–Crippen MR) is 52.9 cm³/mol. The van der Waals surface area contributed by atoms with Crippen molar-refractivity contribution in [3.63, 3.8) is 0 Å². The lowest BCUT2D eigenvalue weighted by molar-refractivity contribution is -0.384. The van der Waals surface area contributed by atoms with Gasteiger partial charge in [0.15, 0.2) is 0 Å². The predicted octanol–water partition coefficient (Wildman–Crippen LogP) is 0.750. The monoisotopic (exact) mass is 207 g/mol. The highest BCUT2D eigenvalue weighted by molar-refractivity contribution is 5.57. The normalized spacial score (nSPS) is 9.73. The molecule has 0 aliphatic heterocycles. The largest absolute Gasteiger partial charge is 0.314 e. The van der Waals surface area contributed by atoms with Crippen molar-refractivity contribution in [2.45, 2.75) is 0 Å². The van der Waals surface area contributed by atoms with Crippen LogP contribution in [0.2, 0.25) is 0 Å². The number of nitrogens with one attached hydrogen (secondary N) is 1. The van der Waals surface area contributed by atoms with Crippen LogP contribution in [0.3, 0.4) is 0 Å². The first kappa shape index (κ1) is 10.9. The second kappa shape index (κ2) is 4.34. The summed E-state index contributed by atoms with van der Waals surface area (Å²) in [6, 6.07) is 2.97. The lowest BCUT2D eigenvalue weighted by Gasteiger charge is -2.12. The highest BCUT2D eigenvalue weighted by atomic mass is 16.6. The summed E-state index contributed by atoms with van der Waals surface area (Å²) in [5.41, 5.74) is 2.62. The highest BCUT2D eigenvalue weighted by Crippen LogP contribution is 2.22. The number of anilines is 1. The number of hydrogen-bond acceptors (Lipinski definition) is 6. The molecule has 1 aromatic rings. The molecule has 0 saturated heterocycles. The third-order valence-electron chi connectivity index (χ3n) is 1.52. The van der Waals surface area contributed by atoms with Gasteiger partial charge in [0.2, 0.25) is 5.82 Å². The van der Waals surface area contributed by atoms with Crippen molar-refractivity contribution < 1.29 is 4.92 Å². The molecule has 15 heavy (non-hydrogen) atoms. The van der Waals surface area contributed by atoms with E-state index in [0.717, 1.165) is 0 Å². The van der Waals surface area contributed by atoms with Gasteiger partial charge in [0.05, 0.1) is 10.5 Å². The van der Waals surface area contributed by atoms with Gasteiger partial charge in [-0.1, -0.05) is 0 Å². The number of aromatic nitrogens is 1. The molecule has 0 amide bonds. The van der Waals surface area contributed by atoms with Crippen molar-refractivity contribution in [1.29, 1.82) is 5.26 Å². The van der Waals surface area contributed by atoms with Gasteiger partial charge in [-0.3, -0.25) is 15.5 Å². The zero-order valence-corrected chi connectivity index (χ0v) is 8.26. The molecule has 0 unspecified atom stereocenters. The van der Waals surface area contributed by atoms with E-state index in [4.69, 9.17) is 5.26 Å². The van der Waals surface area contributed by atoms with Crippen LogP contribution in [0.4, 0.5) is 11.5 Å². The molecule has 0 spiro atoms. The second-order valence-corrected chi connectivity index (χ2v) is 2.97. The quantitative estimate of drug-likeness (QED) is 0.580. The summed E-state index contributed by atoms with van der Waals surface area (Å²) in [4.78, 5) is 13.9. The zero-order valence-electron chi connectivity index (χ0n) is 8.26. The summed E-state index contributed by atoms with van der Waals surface area (Å²) < 4.78 is 0. The molecule has 0 aliphatic carbocycles. The summed E-state index contributed by atoms with van der Waals surface area (Å²) >= 11 is 0. The summed E-state index contributed by atoms with van der Waals surface area (Å²) in [5.74, 6) is 0.115. The van der Waals surface area contributed by atoms with Crippen LogP contribution in [0.25, 0.3) is 0 Å². The summed E-state index contributed by atoms with van der Waals surface area (Å²) in [5, 5.41) is 20.8. The van der Waals surface area contributed by atoms with Gasteiger partial charge in [0, 0.05) is 26.4 Å². The van der Waals surface area contributed by atoms with Crippen molar-refractivity contribution in [3.05, 3.63) is 27.9 Å². The maximum absolute atomic E-state index is 10.7. The molecule has 0 atom stereocenters. The van der Waals surface area contributed by atoms with Crippen molar-refractivity contribution in [2.24, 2.45) is 0 Å². The van der Waals surface area contributed by atoms with Crippen molar-refractivity contribution in [2.75, 3.05) is 19.5 Å². The molecule has 7 heteroatoms.